The Morgan fingerprint density at radius 2 is 1.69 bits per heavy atom. The van der Waals surface area contributed by atoms with Crippen LogP contribution in [0.4, 0.5) is 23.1 Å². The summed E-state index contributed by atoms with van der Waals surface area (Å²) in [5.74, 6) is 0.279. The van der Waals surface area contributed by atoms with Crippen LogP contribution in [0.15, 0.2) is 66.7 Å². The Labute approximate surface area is 173 Å². The summed E-state index contributed by atoms with van der Waals surface area (Å²) in [5, 5.41) is 21.6. The van der Waals surface area contributed by atoms with Crippen molar-refractivity contribution in [1.82, 2.24) is 9.97 Å². The maximum absolute atomic E-state index is 11.2. The van der Waals surface area contributed by atoms with E-state index in [1.165, 1.54) is 12.1 Å². The Balaban J connectivity index is 1.89. The Hall–Kier alpha value is -3.72. The number of phenolic OH excluding ortho intramolecular Hbond substituents is 1. The largest absolute Gasteiger partial charge is 0.502 e. The SMILES string of the molecule is Nc1nc(N(Br)c2ccccc2)c2cc(-c3ccc(O)c([N+](=O)[O-])c3)ccc2n1. The number of anilines is 3. The Bertz CT molecular complexity index is 1230. The van der Waals surface area contributed by atoms with Crippen LogP contribution in [-0.2, 0) is 0 Å². The van der Waals surface area contributed by atoms with Crippen molar-refractivity contribution in [1.29, 1.82) is 0 Å². The zero-order valence-corrected chi connectivity index (χ0v) is 16.4. The number of nitrogens with two attached hydrogens (primary N) is 1. The lowest BCUT2D eigenvalue weighted by molar-refractivity contribution is -0.385. The summed E-state index contributed by atoms with van der Waals surface area (Å²) in [4.78, 5) is 19.2. The predicted molar refractivity (Wildman–Crippen MR) is 115 cm³/mol. The molecular weight excluding hydrogens is 438 g/mol. The number of aromatic nitrogens is 2. The number of nitro groups is 1. The normalized spacial score (nSPS) is 10.8. The zero-order valence-electron chi connectivity index (χ0n) is 14.9. The van der Waals surface area contributed by atoms with E-state index in [0.717, 1.165) is 5.69 Å². The highest BCUT2D eigenvalue weighted by atomic mass is 79.9. The molecule has 0 saturated heterocycles. The number of phenols is 1. The molecule has 1 aromatic heterocycles. The number of rotatable bonds is 4. The molecule has 3 aromatic carbocycles. The van der Waals surface area contributed by atoms with Gasteiger partial charge in [0.05, 0.1) is 32.3 Å². The fourth-order valence-corrected chi connectivity index (χ4v) is 3.50. The highest BCUT2D eigenvalue weighted by Gasteiger charge is 2.17. The van der Waals surface area contributed by atoms with E-state index in [0.29, 0.717) is 27.8 Å². The van der Waals surface area contributed by atoms with Gasteiger partial charge in [-0.3, -0.25) is 14.0 Å². The topological polar surface area (TPSA) is 118 Å². The molecule has 0 radical (unpaired) electrons. The van der Waals surface area contributed by atoms with E-state index in [9.17, 15) is 15.2 Å². The quantitative estimate of drug-likeness (QED) is 0.256. The Kier molecular flexibility index (Phi) is 4.73. The third-order valence-corrected chi connectivity index (χ3v) is 5.11. The summed E-state index contributed by atoms with van der Waals surface area (Å²) in [6, 6.07) is 19.2. The van der Waals surface area contributed by atoms with Crippen molar-refractivity contribution in [3.8, 4) is 16.9 Å². The highest BCUT2D eigenvalue weighted by molar-refractivity contribution is 9.10. The van der Waals surface area contributed by atoms with Gasteiger partial charge < -0.3 is 10.8 Å². The summed E-state index contributed by atoms with van der Waals surface area (Å²) in [6.07, 6.45) is 0. The highest BCUT2D eigenvalue weighted by Crippen LogP contribution is 2.37. The number of fused-ring (bicyclic) bond motifs is 1. The lowest BCUT2D eigenvalue weighted by Crippen LogP contribution is -2.07. The van der Waals surface area contributed by atoms with Crippen LogP contribution >= 0.6 is 16.1 Å². The Morgan fingerprint density at radius 1 is 1.00 bits per heavy atom. The minimum absolute atomic E-state index is 0.126. The lowest BCUT2D eigenvalue weighted by atomic mass is 10.0. The molecule has 0 spiro atoms. The van der Waals surface area contributed by atoms with Crippen LogP contribution in [0.2, 0.25) is 0 Å². The molecule has 4 rings (SSSR count). The smallest absolute Gasteiger partial charge is 0.311 e. The second kappa shape index (κ2) is 7.36. The molecule has 1 heterocycles. The number of nitrogens with zero attached hydrogens (tertiary/aromatic N) is 4. The van der Waals surface area contributed by atoms with Gasteiger partial charge in [0.1, 0.15) is 0 Å². The van der Waals surface area contributed by atoms with Gasteiger partial charge in [-0.2, -0.15) is 4.98 Å². The standard InChI is InChI=1S/C20H14BrN5O3/c21-25(14-4-2-1-3-5-14)19-15-10-12(6-8-16(15)23-20(22)24-19)13-7-9-18(27)17(11-13)26(28)29/h1-11,27H,(H2,22,23,24). The number of aromatic hydroxyl groups is 1. The first-order valence-corrected chi connectivity index (χ1v) is 9.21. The van der Waals surface area contributed by atoms with E-state index in [4.69, 9.17) is 5.73 Å². The third-order valence-electron chi connectivity index (χ3n) is 4.37. The van der Waals surface area contributed by atoms with E-state index in [1.807, 2.05) is 36.4 Å². The van der Waals surface area contributed by atoms with Crippen LogP contribution in [0.3, 0.4) is 0 Å². The summed E-state index contributed by atoms with van der Waals surface area (Å²) >= 11 is 3.54. The fraction of sp³-hybridized carbons (Fsp3) is 0. The second-order valence-electron chi connectivity index (χ2n) is 6.21. The predicted octanol–water partition coefficient (Wildman–Crippen LogP) is 4.94. The van der Waals surface area contributed by atoms with Gasteiger partial charge >= 0.3 is 5.69 Å². The van der Waals surface area contributed by atoms with Crippen LogP contribution < -0.4 is 9.66 Å². The second-order valence-corrected chi connectivity index (χ2v) is 6.92. The van der Waals surface area contributed by atoms with Crippen molar-refractivity contribution in [2.45, 2.75) is 0 Å². The molecule has 4 aromatic rings. The summed E-state index contributed by atoms with van der Waals surface area (Å²) in [7, 11) is 0. The van der Waals surface area contributed by atoms with Crippen molar-refractivity contribution in [3.63, 3.8) is 0 Å². The minimum atomic E-state index is -0.620. The molecule has 0 aliphatic heterocycles. The number of nitrogen functional groups attached to an aromatic ring is 1. The number of para-hydroxylation sites is 1. The molecule has 0 aliphatic carbocycles. The molecule has 0 amide bonds. The van der Waals surface area contributed by atoms with Crippen molar-refractivity contribution in [3.05, 3.63) is 76.8 Å². The molecule has 0 bridgehead atoms. The molecular formula is C20H14BrN5O3. The van der Waals surface area contributed by atoms with Crippen LogP contribution in [0.25, 0.3) is 22.0 Å². The number of hydrogen-bond donors (Lipinski definition) is 2. The molecule has 0 fully saturated rings. The van der Waals surface area contributed by atoms with Crippen LogP contribution in [-0.4, -0.2) is 20.0 Å². The molecule has 0 aliphatic rings. The average molecular weight is 452 g/mol. The maximum atomic E-state index is 11.2. The van der Waals surface area contributed by atoms with Crippen molar-refractivity contribution in [2.24, 2.45) is 0 Å². The van der Waals surface area contributed by atoms with Gasteiger partial charge in [0, 0.05) is 11.5 Å². The van der Waals surface area contributed by atoms with Gasteiger partial charge in [-0.05, 0) is 41.5 Å². The number of benzene rings is 3. The third kappa shape index (κ3) is 3.55. The molecule has 0 unspecified atom stereocenters. The number of nitro benzene ring substituents is 1. The van der Waals surface area contributed by atoms with Gasteiger partial charge in [-0.1, -0.05) is 30.3 Å². The zero-order chi connectivity index (χ0) is 20.5. The molecule has 0 saturated carbocycles. The first kappa shape index (κ1) is 18.6. The first-order chi connectivity index (χ1) is 13.9. The van der Waals surface area contributed by atoms with Crippen LogP contribution in [0.5, 0.6) is 5.75 Å². The van der Waals surface area contributed by atoms with Gasteiger partial charge in [0.2, 0.25) is 5.95 Å². The van der Waals surface area contributed by atoms with Gasteiger partial charge in [-0.15, -0.1) is 0 Å². The maximum Gasteiger partial charge on any atom is 0.311 e. The van der Waals surface area contributed by atoms with Gasteiger partial charge in [0.15, 0.2) is 11.6 Å². The molecule has 3 N–H and O–H groups in total. The van der Waals surface area contributed by atoms with E-state index < -0.39 is 4.92 Å². The van der Waals surface area contributed by atoms with Gasteiger partial charge in [0.25, 0.3) is 0 Å². The fourth-order valence-electron chi connectivity index (χ4n) is 2.99. The van der Waals surface area contributed by atoms with Crippen molar-refractivity contribution >= 4 is 50.2 Å². The van der Waals surface area contributed by atoms with E-state index in [1.54, 1.807) is 22.1 Å². The first-order valence-electron chi connectivity index (χ1n) is 8.50. The average Bonchev–Trinajstić information content (AvgIpc) is 2.73. The molecule has 0 atom stereocenters. The molecule has 9 heteroatoms. The van der Waals surface area contributed by atoms with E-state index in [2.05, 4.69) is 26.1 Å². The van der Waals surface area contributed by atoms with E-state index >= 15 is 0 Å². The van der Waals surface area contributed by atoms with Crippen LogP contribution in [0.1, 0.15) is 0 Å². The Morgan fingerprint density at radius 3 is 2.41 bits per heavy atom. The van der Waals surface area contributed by atoms with Crippen molar-refractivity contribution in [2.75, 3.05) is 9.66 Å². The van der Waals surface area contributed by atoms with Crippen molar-refractivity contribution < 1.29 is 10.0 Å². The molecule has 144 valence electrons. The van der Waals surface area contributed by atoms with E-state index in [-0.39, 0.29) is 17.4 Å². The summed E-state index contributed by atoms with van der Waals surface area (Å²) in [6.45, 7) is 0. The lowest BCUT2D eigenvalue weighted by Gasteiger charge is -2.18. The van der Waals surface area contributed by atoms with Gasteiger partial charge in [-0.25, -0.2) is 4.98 Å². The molecule has 8 nitrogen and oxygen atoms in total. The minimum Gasteiger partial charge on any atom is -0.502 e. The number of hydrogen-bond acceptors (Lipinski definition) is 7. The monoisotopic (exact) mass is 451 g/mol. The molecule has 29 heavy (non-hydrogen) atoms. The summed E-state index contributed by atoms with van der Waals surface area (Å²) in [5.41, 5.74) is 8.30. The van der Waals surface area contributed by atoms with Crippen LogP contribution in [0, 0.1) is 10.1 Å². The summed E-state index contributed by atoms with van der Waals surface area (Å²) < 4.78 is 1.72. The number of halogens is 1.